The van der Waals surface area contributed by atoms with Gasteiger partial charge in [-0.3, -0.25) is 0 Å². The van der Waals surface area contributed by atoms with E-state index in [-0.39, 0.29) is 12.6 Å². The number of aromatic amines is 1. The molecule has 0 spiro atoms. The van der Waals surface area contributed by atoms with Gasteiger partial charge in [-0.15, -0.1) is 0 Å². The lowest BCUT2D eigenvalue weighted by Gasteiger charge is -2.21. The number of nitrogens with zero attached hydrogens (tertiary/aromatic N) is 3. The molecule has 2 aromatic heterocycles. The van der Waals surface area contributed by atoms with Gasteiger partial charge in [-0.05, 0) is 25.7 Å². The molecular weight excluding hydrogens is 242 g/mol. The Balaban J connectivity index is 1.86. The number of fused-ring (bicyclic) bond motifs is 1. The van der Waals surface area contributed by atoms with Crippen LogP contribution in [0.2, 0.25) is 0 Å². The third-order valence-electron chi connectivity index (χ3n) is 3.47. The molecule has 3 rings (SSSR count). The van der Waals surface area contributed by atoms with Crippen LogP contribution in [0.25, 0.3) is 0 Å². The van der Waals surface area contributed by atoms with E-state index in [0.29, 0.717) is 5.82 Å². The van der Waals surface area contributed by atoms with E-state index in [1.807, 2.05) is 0 Å². The van der Waals surface area contributed by atoms with Crippen molar-refractivity contribution < 1.29 is 5.11 Å². The zero-order valence-electron chi connectivity index (χ0n) is 10.6. The molecule has 0 radical (unpaired) electrons. The number of H-pyrrole nitrogens is 1. The molecule has 0 aromatic carbocycles. The number of rotatable bonds is 4. The molecule has 0 saturated carbocycles. The van der Waals surface area contributed by atoms with E-state index < -0.39 is 0 Å². The number of aliphatic hydroxyl groups is 1. The third kappa shape index (κ3) is 2.44. The van der Waals surface area contributed by atoms with Crippen molar-refractivity contribution in [3.05, 3.63) is 35.8 Å². The minimum Gasteiger partial charge on any atom is -0.394 e. The standard InChI is InChI=1S/C13H17N5O/c19-7-11(13-14-5-6-15-13)18-12-9-3-1-2-4-10(9)16-8-17-12/h5-6,8,11,19H,1-4,7H2,(H,14,15)(H,16,17,18). The first-order valence-electron chi connectivity index (χ1n) is 6.58. The summed E-state index contributed by atoms with van der Waals surface area (Å²) in [5.41, 5.74) is 2.30. The fourth-order valence-electron chi connectivity index (χ4n) is 2.48. The lowest BCUT2D eigenvalue weighted by Crippen LogP contribution is -2.20. The van der Waals surface area contributed by atoms with E-state index in [2.05, 4.69) is 25.3 Å². The first kappa shape index (κ1) is 12.1. The molecule has 0 saturated heterocycles. The molecule has 100 valence electrons. The molecule has 1 atom stereocenters. The van der Waals surface area contributed by atoms with Gasteiger partial charge in [0.05, 0.1) is 6.61 Å². The highest BCUT2D eigenvalue weighted by atomic mass is 16.3. The maximum atomic E-state index is 9.50. The van der Waals surface area contributed by atoms with Crippen LogP contribution in [-0.2, 0) is 12.8 Å². The Morgan fingerprint density at radius 3 is 2.95 bits per heavy atom. The van der Waals surface area contributed by atoms with Crippen LogP contribution in [-0.4, -0.2) is 31.6 Å². The van der Waals surface area contributed by atoms with E-state index in [1.54, 1.807) is 18.7 Å². The van der Waals surface area contributed by atoms with Gasteiger partial charge in [0, 0.05) is 23.7 Å². The molecule has 0 aliphatic heterocycles. The van der Waals surface area contributed by atoms with Gasteiger partial charge in [0.2, 0.25) is 0 Å². The fraction of sp³-hybridized carbons (Fsp3) is 0.462. The lowest BCUT2D eigenvalue weighted by atomic mass is 9.96. The van der Waals surface area contributed by atoms with Crippen molar-refractivity contribution in [2.45, 2.75) is 31.7 Å². The summed E-state index contributed by atoms with van der Waals surface area (Å²) in [4.78, 5) is 15.8. The van der Waals surface area contributed by atoms with Crippen LogP contribution in [0.15, 0.2) is 18.7 Å². The number of imidazole rings is 1. The molecule has 6 nitrogen and oxygen atoms in total. The molecule has 1 unspecified atom stereocenters. The molecule has 1 aliphatic carbocycles. The summed E-state index contributed by atoms with van der Waals surface area (Å²) in [5, 5.41) is 12.8. The number of hydrogen-bond donors (Lipinski definition) is 3. The number of anilines is 1. The lowest BCUT2D eigenvalue weighted by molar-refractivity contribution is 0.272. The van der Waals surface area contributed by atoms with Crippen LogP contribution < -0.4 is 5.32 Å². The van der Waals surface area contributed by atoms with Crippen molar-refractivity contribution >= 4 is 5.82 Å². The molecule has 3 N–H and O–H groups in total. The topological polar surface area (TPSA) is 86.7 Å². The highest BCUT2D eigenvalue weighted by molar-refractivity contribution is 5.48. The Morgan fingerprint density at radius 2 is 2.16 bits per heavy atom. The van der Waals surface area contributed by atoms with E-state index in [0.717, 1.165) is 24.4 Å². The van der Waals surface area contributed by atoms with Crippen molar-refractivity contribution in [1.82, 2.24) is 19.9 Å². The number of aliphatic hydroxyl groups excluding tert-OH is 1. The van der Waals surface area contributed by atoms with Crippen LogP contribution in [0, 0.1) is 0 Å². The van der Waals surface area contributed by atoms with Crippen molar-refractivity contribution in [3.63, 3.8) is 0 Å². The predicted octanol–water partition coefficient (Wildman–Crippen LogP) is 1.22. The summed E-state index contributed by atoms with van der Waals surface area (Å²) in [5.74, 6) is 1.53. The Hall–Kier alpha value is -1.95. The second-order valence-electron chi connectivity index (χ2n) is 4.71. The molecule has 0 amide bonds. The smallest absolute Gasteiger partial charge is 0.133 e. The Labute approximate surface area is 111 Å². The minimum absolute atomic E-state index is 0.0354. The van der Waals surface area contributed by atoms with Gasteiger partial charge in [0.1, 0.15) is 24.0 Å². The highest BCUT2D eigenvalue weighted by Crippen LogP contribution is 2.26. The zero-order valence-corrected chi connectivity index (χ0v) is 10.6. The van der Waals surface area contributed by atoms with Crippen LogP contribution in [0.4, 0.5) is 5.82 Å². The molecule has 6 heteroatoms. The second kappa shape index (κ2) is 5.36. The molecule has 0 bridgehead atoms. The Morgan fingerprint density at radius 1 is 1.26 bits per heavy atom. The van der Waals surface area contributed by atoms with Gasteiger partial charge in [0.25, 0.3) is 0 Å². The quantitative estimate of drug-likeness (QED) is 0.768. The average molecular weight is 259 g/mol. The predicted molar refractivity (Wildman–Crippen MR) is 70.7 cm³/mol. The first-order chi connectivity index (χ1) is 9.38. The average Bonchev–Trinajstić information content (AvgIpc) is 2.99. The summed E-state index contributed by atoms with van der Waals surface area (Å²) in [6, 6.07) is -0.268. The van der Waals surface area contributed by atoms with Crippen molar-refractivity contribution in [1.29, 1.82) is 0 Å². The minimum atomic E-state index is -0.268. The highest BCUT2D eigenvalue weighted by Gasteiger charge is 2.19. The number of nitrogens with one attached hydrogen (secondary N) is 2. The van der Waals surface area contributed by atoms with Gasteiger partial charge < -0.3 is 15.4 Å². The number of aryl methyl sites for hydroxylation is 1. The van der Waals surface area contributed by atoms with Crippen molar-refractivity contribution in [3.8, 4) is 0 Å². The fourth-order valence-corrected chi connectivity index (χ4v) is 2.48. The van der Waals surface area contributed by atoms with Gasteiger partial charge in [-0.1, -0.05) is 0 Å². The van der Waals surface area contributed by atoms with Gasteiger partial charge >= 0.3 is 0 Å². The summed E-state index contributed by atoms with van der Waals surface area (Å²) in [7, 11) is 0. The summed E-state index contributed by atoms with van der Waals surface area (Å²) >= 11 is 0. The van der Waals surface area contributed by atoms with Gasteiger partial charge in [0.15, 0.2) is 0 Å². The molecule has 1 aliphatic rings. The van der Waals surface area contributed by atoms with Crippen LogP contribution in [0.1, 0.15) is 36.0 Å². The van der Waals surface area contributed by atoms with E-state index >= 15 is 0 Å². The second-order valence-corrected chi connectivity index (χ2v) is 4.71. The van der Waals surface area contributed by atoms with E-state index in [9.17, 15) is 5.11 Å². The van der Waals surface area contributed by atoms with E-state index in [4.69, 9.17) is 0 Å². The molecule has 0 fully saturated rings. The maximum Gasteiger partial charge on any atom is 0.133 e. The number of hydrogen-bond acceptors (Lipinski definition) is 5. The summed E-state index contributed by atoms with van der Waals surface area (Å²) in [6.45, 7) is -0.0354. The largest absolute Gasteiger partial charge is 0.394 e. The van der Waals surface area contributed by atoms with E-state index in [1.165, 1.54) is 18.4 Å². The maximum absolute atomic E-state index is 9.50. The molecule has 2 heterocycles. The monoisotopic (exact) mass is 259 g/mol. The van der Waals surface area contributed by atoms with Crippen LogP contribution >= 0.6 is 0 Å². The Kier molecular flexibility index (Phi) is 3.41. The number of aromatic nitrogens is 4. The van der Waals surface area contributed by atoms with Crippen LogP contribution in [0.5, 0.6) is 0 Å². The van der Waals surface area contributed by atoms with Crippen molar-refractivity contribution in [2.75, 3.05) is 11.9 Å². The molecule has 19 heavy (non-hydrogen) atoms. The normalized spacial score (nSPS) is 15.8. The van der Waals surface area contributed by atoms with Crippen LogP contribution in [0.3, 0.4) is 0 Å². The van der Waals surface area contributed by atoms with Crippen molar-refractivity contribution in [2.24, 2.45) is 0 Å². The summed E-state index contributed by atoms with van der Waals surface area (Å²) in [6.07, 6.45) is 9.36. The van der Waals surface area contributed by atoms with Gasteiger partial charge in [-0.2, -0.15) is 0 Å². The molecular formula is C13H17N5O. The zero-order chi connectivity index (χ0) is 13.1. The molecule has 2 aromatic rings. The Bertz CT molecular complexity index is 540. The third-order valence-corrected chi connectivity index (χ3v) is 3.47. The first-order valence-corrected chi connectivity index (χ1v) is 6.58. The van der Waals surface area contributed by atoms with Gasteiger partial charge in [-0.25, -0.2) is 15.0 Å². The summed E-state index contributed by atoms with van der Waals surface area (Å²) < 4.78 is 0. The SMILES string of the molecule is OCC(Nc1ncnc2c1CCCC2)c1ncc[nH]1.